The van der Waals surface area contributed by atoms with E-state index in [-0.39, 0.29) is 5.97 Å². The van der Waals surface area contributed by atoms with Crippen LogP contribution < -0.4 is 5.73 Å². The topological polar surface area (TPSA) is 57.2 Å². The van der Waals surface area contributed by atoms with Crippen molar-refractivity contribution in [3.63, 3.8) is 0 Å². The Balaban J connectivity index is 2.90. The predicted octanol–water partition coefficient (Wildman–Crippen LogP) is 2.44. The van der Waals surface area contributed by atoms with Gasteiger partial charge < -0.3 is 15.0 Å². The molecule has 0 aromatic carbocycles. The summed E-state index contributed by atoms with van der Waals surface area (Å²) in [6, 6.07) is 1.66. The monoisotopic (exact) mass is 224 g/mol. The number of aryl methyl sites for hydroxylation is 1. The quantitative estimate of drug-likeness (QED) is 0.802. The van der Waals surface area contributed by atoms with Crippen LogP contribution in [0.4, 0.5) is 5.69 Å². The lowest BCUT2D eigenvalue weighted by Gasteiger charge is -2.19. The Kier molecular flexibility index (Phi) is 3.62. The number of carbonyl (C=O) groups excluding carboxylic acids is 1. The number of carbonyl (C=O) groups is 1. The Bertz CT molecular complexity index is 375. The molecule has 1 aromatic heterocycles. The molecule has 1 rings (SSSR count). The summed E-state index contributed by atoms with van der Waals surface area (Å²) in [5.41, 5.74) is 6.32. The van der Waals surface area contributed by atoms with Crippen LogP contribution in [0.15, 0.2) is 12.3 Å². The fourth-order valence-electron chi connectivity index (χ4n) is 1.46. The number of anilines is 1. The average Bonchev–Trinajstić information content (AvgIpc) is 2.44. The van der Waals surface area contributed by atoms with Gasteiger partial charge in [0.15, 0.2) is 0 Å². The molecule has 0 aliphatic rings. The van der Waals surface area contributed by atoms with Gasteiger partial charge in [0.2, 0.25) is 0 Å². The molecule has 1 aromatic rings. The van der Waals surface area contributed by atoms with Crippen molar-refractivity contribution in [1.29, 1.82) is 0 Å². The third-order valence-corrected chi connectivity index (χ3v) is 1.99. The van der Waals surface area contributed by atoms with E-state index in [2.05, 4.69) is 6.92 Å². The van der Waals surface area contributed by atoms with Gasteiger partial charge in [-0.1, -0.05) is 6.92 Å². The van der Waals surface area contributed by atoms with Crippen molar-refractivity contribution >= 4 is 11.7 Å². The Morgan fingerprint density at radius 3 is 2.62 bits per heavy atom. The van der Waals surface area contributed by atoms with E-state index in [0.29, 0.717) is 11.4 Å². The molecule has 0 amide bonds. The van der Waals surface area contributed by atoms with Crippen LogP contribution in [-0.2, 0) is 11.3 Å². The van der Waals surface area contributed by atoms with Crippen molar-refractivity contribution in [2.75, 3.05) is 5.73 Å². The van der Waals surface area contributed by atoms with Crippen molar-refractivity contribution in [2.24, 2.45) is 0 Å². The van der Waals surface area contributed by atoms with Gasteiger partial charge in [0.1, 0.15) is 11.3 Å². The van der Waals surface area contributed by atoms with Gasteiger partial charge in [-0.15, -0.1) is 0 Å². The molecule has 0 aliphatic carbocycles. The van der Waals surface area contributed by atoms with Gasteiger partial charge in [-0.2, -0.15) is 0 Å². The number of hydrogen-bond donors (Lipinski definition) is 1. The van der Waals surface area contributed by atoms with Crippen LogP contribution in [0.3, 0.4) is 0 Å². The van der Waals surface area contributed by atoms with Crippen LogP contribution in [0.25, 0.3) is 0 Å². The van der Waals surface area contributed by atoms with Crippen LogP contribution in [-0.4, -0.2) is 16.1 Å². The molecule has 90 valence electrons. The standard InChI is InChI=1S/C12H20N2O2/c1-5-6-14-8-9(13)7-10(14)11(15)16-12(2,3)4/h7-8H,5-6,13H2,1-4H3. The van der Waals surface area contributed by atoms with Crippen LogP contribution in [0.1, 0.15) is 44.6 Å². The Hall–Kier alpha value is -1.45. The zero-order valence-electron chi connectivity index (χ0n) is 10.4. The number of esters is 1. The summed E-state index contributed by atoms with van der Waals surface area (Å²) >= 11 is 0. The number of hydrogen-bond acceptors (Lipinski definition) is 3. The van der Waals surface area contributed by atoms with Gasteiger partial charge in [0.05, 0.1) is 5.69 Å². The molecule has 0 bridgehead atoms. The largest absolute Gasteiger partial charge is 0.455 e. The van der Waals surface area contributed by atoms with Crippen molar-refractivity contribution in [3.8, 4) is 0 Å². The molecule has 4 nitrogen and oxygen atoms in total. The van der Waals surface area contributed by atoms with Crippen LogP contribution in [0, 0.1) is 0 Å². The molecule has 16 heavy (non-hydrogen) atoms. The first kappa shape index (κ1) is 12.6. The zero-order valence-corrected chi connectivity index (χ0v) is 10.4. The minimum atomic E-state index is -0.479. The third kappa shape index (κ3) is 3.29. The van der Waals surface area contributed by atoms with Crippen molar-refractivity contribution in [2.45, 2.75) is 46.3 Å². The van der Waals surface area contributed by atoms with Crippen LogP contribution in [0.5, 0.6) is 0 Å². The summed E-state index contributed by atoms with van der Waals surface area (Å²) in [4.78, 5) is 11.9. The maximum absolute atomic E-state index is 11.9. The van der Waals surface area contributed by atoms with Gasteiger partial charge in [-0.05, 0) is 33.3 Å². The summed E-state index contributed by atoms with van der Waals surface area (Å²) in [6.07, 6.45) is 2.71. The fourth-order valence-corrected chi connectivity index (χ4v) is 1.46. The van der Waals surface area contributed by atoms with E-state index in [4.69, 9.17) is 10.5 Å². The molecule has 0 atom stereocenters. The van der Waals surface area contributed by atoms with E-state index in [9.17, 15) is 4.79 Å². The lowest BCUT2D eigenvalue weighted by Crippen LogP contribution is -2.25. The number of nitrogens with zero attached hydrogens (tertiary/aromatic N) is 1. The molecule has 0 saturated heterocycles. The number of aromatic nitrogens is 1. The van der Waals surface area contributed by atoms with Crippen molar-refractivity contribution in [1.82, 2.24) is 4.57 Å². The summed E-state index contributed by atoms with van der Waals surface area (Å²) in [5.74, 6) is -0.322. The van der Waals surface area contributed by atoms with E-state index in [0.717, 1.165) is 13.0 Å². The molecule has 0 saturated carbocycles. The minimum Gasteiger partial charge on any atom is -0.455 e. The van der Waals surface area contributed by atoms with E-state index < -0.39 is 5.60 Å². The van der Waals surface area contributed by atoms with Gasteiger partial charge in [-0.3, -0.25) is 0 Å². The SMILES string of the molecule is CCCn1cc(N)cc1C(=O)OC(C)(C)C. The number of nitrogen functional groups attached to an aromatic ring is 1. The predicted molar refractivity (Wildman–Crippen MR) is 64.3 cm³/mol. The maximum atomic E-state index is 11.9. The van der Waals surface area contributed by atoms with Gasteiger partial charge in [0, 0.05) is 12.7 Å². The number of nitrogens with two attached hydrogens (primary N) is 1. The third-order valence-electron chi connectivity index (χ3n) is 1.99. The number of rotatable bonds is 3. The highest BCUT2D eigenvalue weighted by Gasteiger charge is 2.20. The summed E-state index contributed by atoms with van der Waals surface area (Å²) < 4.78 is 7.15. The fraction of sp³-hybridized carbons (Fsp3) is 0.583. The highest BCUT2D eigenvalue weighted by Crippen LogP contribution is 2.16. The molecule has 4 heteroatoms. The zero-order chi connectivity index (χ0) is 12.3. The van der Waals surface area contributed by atoms with Crippen molar-refractivity contribution in [3.05, 3.63) is 18.0 Å². The van der Waals surface area contributed by atoms with Crippen LogP contribution in [0.2, 0.25) is 0 Å². The molecule has 0 unspecified atom stereocenters. The highest BCUT2D eigenvalue weighted by molar-refractivity contribution is 5.89. The summed E-state index contributed by atoms with van der Waals surface area (Å²) in [7, 11) is 0. The second-order valence-corrected chi connectivity index (χ2v) is 4.85. The second-order valence-electron chi connectivity index (χ2n) is 4.85. The molecular formula is C12H20N2O2. The lowest BCUT2D eigenvalue weighted by atomic mass is 10.2. The molecule has 0 spiro atoms. The molecule has 0 aliphatic heterocycles. The van der Waals surface area contributed by atoms with Crippen LogP contribution >= 0.6 is 0 Å². The van der Waals surface area contributed by atoms with E-state index in [1.54, 1.807) is 12.3 Å². The number of ether oxygens (including phenoxy) is 1. The lowest BCUT2D eigenvalue weighted by molar-refractivity contribution is 0.00576. The molecular weight excluding hydrogens is 204 g/mol. The normalized spacial score (nSPS) is 11.5. The Labute approximate surface area is 96.4 Å². The second kappa shape index (κ2) is 4.60. The van der Waals surface area contributed by atoms with Gasteiger partial charge >= 0.3 is 5.97 Å². The average molecular weight is 224 g/mol. The molecule has 0 fully saturated rings. The van der Waals surface area contributed by atoms with Gasteiger partial charge in [-0.25, -0.2) is 4.79 Å². The molecule has 0 radical (unpaired) electrons. The van der Waals surface area contributed by atoms with Gasteiger partial charge in [0.25, 0.3) is 0 Å². The first-order valence-corrected chi connectivity index (χ1v) is 5.52. The molecule has 2 N–H and O–H groups in total. The Morgan fingerprint density at radius 2 is 2.12 bits per heavy atom. The van der Waals surface area contributed by atoms with E-state index in [1.807, 2.05) is 25.3 Å². The first-order chi connectivity index (χ1) is 7.33. The smallest absolute Gasteiger partial charge is 0.355 e. The summed E-state index contributed by atoms with van der Waals surface area (Å²) in [5, 5.41) is 0. The minimum absolute atomic E-state index is 0.322. The summed E-state index contributed by atoms with van der Waals surface area (Å²) in [6.45, 7) is 8.37. The Morgan fingerprint density at radius 1 is 1.50 bits per heavy atom. The first-order valence-electron chi connectivity index (χ1n) is 5.52. The van der Waals surface area contributed by atoms with Crippen molar-refractivity contribution < 1.29 is 9.53 Å². The van der Waals surface area contributed by atoms with E-state index in [1.165, 1.54) is 0 Å². The highest BCUT2D eigenvalue weighted by atomic mass is 16.6. The van der Waals surface area contributed by atoms with E-state index >= 15 is 0 Å². The maximum Gasteiger partial charge on any atom is 0.355 e. The molecule has 1 heterocycles.